The summed E-state index contributed by atoms with van der Waals surface area (Å²) >= 11 is 3.40. The summed E-state index contributed by atoms with van der Waals surface area (Å²) in [5.41, 5.74) is 1.89. The van der Waals surface area contributed by atoms with Crippen molar-refractivity contribution in [1.29, 1.82) is 0 Å². The highest BCUT2D eigenvalue weighted by Crippen LogP contribution is 2.22. The van der Waals surface area contributed by atoms with Crippen LogP contribution in [0.25, 0.3) is 0 Å². The smallest absolute Gasteiger partial charge is 0.327 e. The molecule has 5 nitrogen and oxygen atoms in total. The second kappa shape index (κ2) is 5.28. The highest BCUT2D eigenvalue weighted by atomic mass is 79.9. The first-order valence-corrected chi connectivity index (χ1v) is 7.17. The van der Waals surface area contributed by atoms with Gasteiger partial charge in [-0.1, -0.05) is 33.2 Å². The van der Waals surface area contributed by atoms with Crippen molar-refractivity contribution >= 4 is 27.8 Å². The van der Waals surface area contributed by atoms with E-state index >= 15 is 0 Å². The van der Waals surface area contributed by atoms with Crippen molar-refractivity contribution in [3.63, 3.8) is 0 Å². The average Bonchev–Trinajstić information content (AvgIpc) is 3.00. The lowest BCUT2D eigenvalue weighted by atomic mass is 10.2. The zero-order valence-electron chi connectivity index (χ0n) is 11.0. The van der Waals surface area contributed by atoms with E-state index in [4.69, 9.17) is 4.52 Å². The Bertz CT molecular complexity index is 624. The number of halogens is 1. The molecule has 1 aliphatic heterocycles. The Morgan fingerprint density at radius 2 is 2.05 bits per heavy atom. The fourth-order valence-corrected chi connectivity index (χ4v) is 2.49. The molecule has 2 amide bonds. The van der Waals surface area contributed by atoms with Crippen LogP contribution in [-0.4, -0.2) is 29.2 Å². The van der Waals surface area contributed by atoms with E-state index in [-0.39, 0.29) is 6.03 Å². The van der Waals surface area contributed by atoms with Crippen LogP contribution >= 0.6 is 15.9 Å². The highest BCUT2D eigenvalue weighted by Gasteiger charge is 2.31. The Hall–Kier alpha value is -1.82. The summed E-state index contributed by atoms with van der Waals surface area (Å²) in [5.74, 6) is 0.519. The number of nitrogens with zero attached hydrogens (tertiary/aromatic N) is 3. The summed E-state index contributed by atoms with van der Waals surface area (Å²) < 4.78 is 6.19. The summed E-state index contributed by atoms with van der Waals surface area (Å²) in [5, 5.41) is 3.82. The number of aromatic nitrogens is 1. The van der Waals surface area contributed by atoms with E-state index < -0.39 is 0 Å². The van der Waals surface area contributed by atoms with Gasteiger partial charge in [-0.3, -0.25) is 4.90 Å². The summed E-state index contributed by atoms with van der Waals surface area (Å²) in [6.45, 7) is 3.77. The first kappa shape index (κ1) is 13.2. The zero-order chi connectivity index (χ0) is 14.1. The number of rotatable bonds is 3. The number of hydrogen-bond donors (Lipinski definition) is 0. The maximum atomic E-state index is 12.3. The van der Waals surface area contributed by atoms with E-state index in [1.54, 1.807) is 15.9 Å². The molecule has 0 spiro atoms. The van der Waals surface area contributed by atoms with Crippen LogP contribution in [0.4, 0.5) is 10.7 Å². The number of amides is 2. The van der Waals surface area contributed by atoms with Gasteiger partial charge in [0.2, 0.25) is 5.88 Å². The lowest BCUT2D eigenvalue weighted by Gasteiger charge is -2.16. The molecule has 0 unspecified atom stereocenters. The van der Waals surface area contributed by atoms with E-state index in [1.165, 1.54) is 0 Å². The van der Waals surface area contributed by atoms with Gasteiger partial charge in [0, 0.05) is 30.2 Å². The van der Waals surface area contributed by atoms with E-state index in [0.29, 0.717) is 25.5 Å². The van der Waals surface area contributed by atoms with Crippen LogP contribution in [0.15, 0.2) is 39.3 Å². The number of carbonyl (C=O) groups excluding carboxylic acids is 1. The van der Waals surface area contributed by atoms with Crippen LogP contribution < -0.4 is 4.90 Å². The van der Waals surface area contributed by atoms with Crippen molar-refractivity contribution in [3.8, 4) is 0 Å². The van der Waals surface area contributed by atoms with E-state index in [1.807, 2.05) is 31.2 Å². The minimum atomic E-state index is -0.0379. The maximum Gasteiger partial charge on any atom is 0.327 e. The van der Waals surface area contributed by atoms with E-state index in [2.05, 4.69) is 21.1 Å². The van der Waals surface area contributed by atoms with Crippen LogP contribution in [0.2, 0.25) is 0 Å². The summed E-state index contributed by atoms with van der Waals surface area (Å²) in [4.78, 5) is 15.8. The highest BCUT2D eigenvalue weighted by molar-refractivity contribution is 9.10. The minimum Gasteiger partial charge on any atom is -0.338 e. The Labute approximate surface area is 125 Å². The summed E-state index contributed by atoms with van der Waals surface area (Å²) in [6.07, 6.45) is 0. The third kappa shape index (κ3) is 2.56. The number of anilines is 1. The number of benzene rings is 1. The van der Waals surface area contributed by atoms with Gasteiger partial charge >= 0.3 is 6.03 Å². The van der Waals surface area contributed by atoms with Gasteiger partial charge in [-0.15, -0.1) is 0 Å². The zero-order valence-corrected chi connectivity index (χ0v) is 12.6. The molecule has 0 N–H and O–H groups in total. The molecule has 2 aromatic rings. The first-order chi connectivity index (χ1) is 9.63. The van der Waals surface area contributed by atoms with Gasteiger partial charge in [0.15, 0.2) is 0 Å². The van der Waals surface area contributed by atoms with Crippen molar-refractivity contribution in [2.45, 2.75) is 13.5 Å². The second-order valence-corrected chi connectivity index (χ2v) is 5.70. The van der Waals surface area contributed by atoms with Crippen molar-refractivity contribution in [1.82, 2.24) is 10.1 Å². The van der Waals surface area contributed by atoms with Gasteiger partial charge < -0.3 is 9.42 Å². The quantitative estimate of drug-likeness (QED) is 0.865. The molecule has 0 saturated carbocycles. The molecule has 3 rings (SSSR count). The monoisotopic (exact) mass is 335 g/mol. The molecule has 1 aromatic carbocycles. The molecule has 104 valence electrons. The first-order valence-electron chi connectivity index (χ1n) is 6.38. The van der Waals surface area contributed by atoms with Gasteiger partial charge in [-0.05, 0) is 24.6 Å². The predicted molar refractivity (Wildman–Crippen MR) is 78.5 cm³/mol. The molecule has 20 heavy (non-hydrogen) atoms. The molecule has 2 heterocycles. The fourth-order valence-electron chi connectivity index (χ4n) is 2.22. The van der Waals surface area contributed by atoms with Gasteiger partial charge in [-0.2, -0.15) is 0 Å². The fraction of sp³-hybridized carbons (Fsp3) is 0.286. The standard InChI is InChI=1S/C14H14BrN3O2/c1-10-8-13(20-16-10)18-7-6-17(14(18)19)9-11-2-4-12(15)5-3-11/h2-5,8H,6-7,9H2,1H3. The van der Waals surface area contributed by atoms with Crippen molar-refractivity contribution < 1.29 is 9.32 Å². The number of aryl methyl sites for hydroxylation is 1. The molecular weight excluding hydrogens is 322 g/mol. The van der Waals surface area contributed by atoms with Gasteiger partial charge in [0.05, 0.1) is 5.69 Å². The molecule has 0 aliphatic carbocycles. The summed E-state index contributed by atoms with van der Waals surface area (Å²) in [7, 11) is 0. The molecule has 1 aromatic heterocycles. The maximum absolute atomic E-state index is 12.3. The third-order valence-corrected chi connectivity index (χ3v) is 3.79. The Morgan fingerprint density at radius 1 is 1.30 bits per heavy atom. The SMILES string of the molecule is Cc1cc(N2CCN(Cc3ccc(Br)cc3)C2=O)on1. The van der Waals surface area contributed by atoms with Crippen LogP contribution in [0, 0.1) is 6.92 Å². The van der Waals surface area contributed by atoms with Crippen molar-refractivity contribution in [2.24, 2.45) is 0 Å². The van der Waals surface area contributed by atoms with Crippen LogP contribution in [0.3, 0.4) is 0 Å². The molecule has 6 heteroatoms. The number of urea groups is 1. The van der Waals surface area contributed by atoms with Crippen molar-refractivity contribution in [3.05, 3.63) is 46.1 Å². The van der Waals surface area contributed by atoms with E-state index in [9.17, 15) is 4.79 Å². The molecule has 0 radical (unpaired) electrons. The normalized spacial score (nSPS) is 15.2. The number of carbonyl (C=O) groups is 1. The lowest BCUT2D eigenvalue weighted by molar-refractivity contribution is 0.217. The van der Waals surface area contributed by atoms with E-state index in [0.717, 1.165) is 15.7 Å². The van der Waals surface area contributed by atoms with Crippen molar-refractivity contribution in [2.75, 3.05) is 18.0 Å². The molecular formula is C14H14BrN3O2. The minimum absolute atomic E-state index is 0.0379. The Balaban J connectivity index is 1.71. The van der Waals surface area contributed by atoms with Crippen LogP contribution in [0.1, 0.15) is 11.3 Å². The number of hydrogen-bond acceptors (Lipinski definition) is 3. The topological polar surface area (TPSA) is 49.6 Å². The Kier molecular flexibility index (Phi) is 3.48. The molecule has 1 fully saturated rings. The van der Waals surface area contributed by atoms with Crippen LogP contribution in [0.5, 0.6) is 0 Å². The molecule has 1 saturated heterocycles. The second-order valence-electron chi connectivity index (χ2n) is 4.79. The third-order valence-electron chi connectivity index (χ3n) is 3.26. The molecule has 0 atom stereocenters. The summed E-state index contributed by atoms with van der Waals surface area (Å²) in [6, 6.07) is 9.73. The average molecular weight is 336 g/mol. The lowest BCUT2D eigenvalue weighted by Crippen LogP contribution is -2.31. The Morgan fingerprint density at radius 3 is 2.70 bits per heavy atom. The van der Waals surface area contributed by atoms with Gasteiger partial charge in [-0.25, -0.2) is 4.79 Å². The predicted octanol–water partition coefficient (Wildman–Crippen LogP) is 3.19. The largest absolute Gasteiger partial charge is 0.338 e. The van der Waals surface area contributed by atoms with Gasteiger partial charge in [0.1, 0.15) is 0 Å². The molecule has 1 aliphatic rings. The van der Waals surface area contributed by atoms with Gasteiger partial charge in [0.25, 0.3) is 0 Å². The molecule has 0 bridgehead atoms. The van der Waals surface area contributed by atoms with Crippen LogP contribution in [-0.2, 0) is 6.54 Å².